The Morgan fingerprint density at radius 3 is 2.30 bits per heavy atom. The largest absolute Gasteiger partial charge is 0.414 e. The van der Waals surface area contributed by atoms with Crippen LogP contribution in [0.4, 0.5) is 0 Å². The minimum atomic E-state index is -1.67. The van der Waals surface area contributed by atoms with E-state index in [1.165, 1.54) is 31.4 Å². The quantitative estimate of drug-likeness (QED) is 0.418. The summed E-state index contributed by atoms with van der Waals surface area (Å²) in [4.78, 5) is 10.4. The SMILES string of the molecule is CON=C1C=C2CC(O[Si](C)(C)C)[C@@H]3[C@H](CC[C@]4(C)C(=NOC)CC[C@@H]34)[C@@]2(C)CC1. The summed E-state index contributed by atoms with van der Waals surface area (Å²) in [5, 5.41) is 8.77. The Labute approximate surface area is 183 Å². The molecule has 30 heavy (non-hydrogen) atoms. The lowest BCUT2D eigenvalue weighted by Gasteiger charge is -2.60. The lowest BCUT2D eigenvalue weighted by Crippen LogP contribution is -2.57. The number of hydrogen-bond donors (Lipinski definition) is 0. The summed E-state index contributed by atoms with van der Waals surface area (Å²) < 4.78 is 6.94. The maximum absolute atomic E-state index is 6.94. The summed E-state index contributed by atoms with van der Waals surface area (Å²) in [7, 11) is 1.66. The van der Waals surface area contributed by atoms with Crippen molar-refractivity contribution in [3.8, 4) is 0 Å². The molecule has 1 unspecified atom stereocenters. The molecule has 4 aliphatic rings. The van der Waals surface area contributed by atoms with Crippen molar-refractivity contribution in [2.45, 2.75) is 84.5 Å². The summed E-state index contributed by atoms with van der Waals surface area (Å²) in [6.07, 6.45) is 10.6. The highest BCUT2D eigenvalue weighted by Gasteiger charge is 2.61. The van der Waals surface area contributed by atoms with E-state index < -0.39 is 8.32 Å². The highest BCUT2D eigenvalue weighted by atomic mass is 28.4. The van der Waals surface area contributed by atoms with Gasteiger partial charge in [0.15, 0.2) is 8.32 Å². The predicted molar refractivity (Wildman–Crippen MR) is 124 cm³/mol. The van der Waals surface area contributed by atoms with Crippen LogP contribution in [0.3, 0.4) is 0 Å². The molecule has 4 aliphatic carbocycles. The molecule has 0 aromatic heterocycles. The number of allylic oxidation sites excluding steroid dienone is 1. The highest BCUT2D eigenvalue weighted by Crippen LogP contribution is 2.65. The van der Waals surface area contributed by atoms with Crippen LogP contribution in [0.5, 0.6) is 0 Å². The van der Waals surface area contributed by atoms with Gasteiger partial charge in [0.1, 0.15) is 14.2 Å². The predicted octanol–water partition coefficient (Wildman–Crippen LogP) is 5.78. The first-order valence-corrected chi connectivity index (χ1v) is 15.1. The van der Waals surface area contributed by atoms with Crippen LogP contribution in [0.1, 0.15) is 58.8 Å². The molecule has 5 nitrogen and oxygen atoms in total. The molecule has 168 valence electrons. The fraction of sp³-hybridized carbons (Fsp3) is 0.833. The number of nitrogens with zero attached hydrogens (tertiary/aromatic N) is 2. The van der Waals surface area contributed by atoms with Gasteiger partial charge in [0.2, 0.25) is 0 Å². The summed E-state index contributed by atoms with van der Waals surface area (Å²) in [5.74, 6) is 1.91. The number of rotatable bonds is 4. The first-order valence-electron chi connectivity index (χ1n) is 11.7. The average Bonchev–Trinajstić information content (AvgIpc) is 2.99. The van der Waals surface area contributed by atoms with Crippen LogP contribution in [0, 0.1) is 28.6 Å². The van der Waals surface area contributed by atoms with E-state index in [4.69, 9.17) is 14.1 Å². The van der Waals surface area contributed by atoms with Gasteiger partial charge in [-0.25, -0.2) is 0 Å². The first-order chi connectivity index (χ1) is 14.1. The summed E-state index contributed by atoms with van der Waals surface area (Å²) in [6.45, 7) is 12.0. The van der Waals surface area contributed by atoms with Crippen LogP contribution >= 0.6 is 0 Å². The topological polar surface area (TPSA) is 52.4 Å². The molecule has 6 heteroatoms. The third kappa shape index (κ3) is 3.58. The molecule has 0 aliphatic heterocycles. The van der Waals surface area contributed by atoms with Crippen molar-refractivity contribution in [2.24, 2.45) is 38.9 Å². The molecular formula is C24H40N2O3Si. The van der Waals surface area contributed by atoms with Crippen molar-refractivity contribution in [1.82, 2.24) is 0 Å². The van der Waals surface area contributed by atoms with Gasteiger partial charge < -0.3 is 14.1 Å². The first kappa shape index (κ1) is 22.1. The van der Waals surface area contributed by atoms with Crippen molar-refractivity contribution in [3.05, 3.63) is 11.6 Å². The van der Waals surface area contributed by atoms with Crippen LogP contribution in [0.2, 0.25) is 19.6 Å². The van der Waals surface area contributed by atoms with E-state index in [1.54, 1.807) is 19.8 Å². The van der Waals surface area contributed by atoms with Gasteiger partial charge in [-0.15, -0.1) is 0 Å². The number of oxime groups is 2. The Balaban J connectivity index is 1.75. The second kappa shape index (κ2) is 7.77. The Morgan fingerprint density at radius 2 is 1.63 bits per heavy atom. The van der Waals surface area contributed by atoms with Gasteiger partial charge in [-0.05, 0) is 93.8 Å². The average molecular weight is 433 g/mol. The molecule has 0 bridgehead atoms. The van der Waals surface area contributed by atoms with Crippen molar-refractivity contribution in [3.63, 3.8) is 0 Å². The molecule has 4 rings (SSSR count). The van der Waals surface area contributed by atoms with Crippen molar-refractivity contribution < 1.29 is 14.1 Å². The lowest BCUT2D eigenvalue weighted by molar-refractivity contribution is -0.0806. The molecule has 3 fully saturated rings. The zero-order valence-electron chi connectivity index (χ0n) is 20.0. The van der Waals surface area contributed by atoms with E-state index in [9.17, 15) is 0 Å². The van der Waals surface area contributed by atoms with Gasteiger partial charge in [0.25, 0.3) is 0 Å². The molecule has 0 aromatic carbocycles. The third-order valence-corrected chi connectivity index (χ3v) is 9.64. The molecule has 0 amide bonds. The van der Waals surface area contributed by atoms with Gasteiger partial charge in [-0.1, -0.05) is 29.7 Å². The van der Waals surface area contributed by atoms with E-state index >= 15 is 0 Å². The van der Waals surface area contributed by atoms with Gasteiger partial charge in [-0.3, -0.25) is 0 Å². The second-order valence-electron chi connectivity index (χ2n) is 11.3. The molecule has 0 spiro atoms. The van der Waals surface area contributed by atoms with Crippen LogP contribution < -0.4 is 0 Å². The zero-order chi connectivity index (χ0) is 21.7. The normalized spacial score (nSPS) is 43.6. The van der Waals surface area contributed by atoms with Crippen molar-refractivity contribution in [1.29, 1.82) is 0 Å². The molecular weight excluding hydrogens is 392 g/mol. The third-order valence-electron chi connectivity index (χ3n) is 8.63. The Morgan fingerprint density at radius 1 is 0.933 bits per heavy atom. The molecule has 0 radical (unpaired) electrons. The summed E-state index contributed by atoms with van der Waals surface area (Å²) in [5.41, 5.74) is 4.32. The minimum absolute atomic E-state index is 0.160. The summed E-state index contributed by atoms with van der Waals surface area (Å²) >= 11 is 0. The molecule has 6 atom stereocenters. The fourth-order valence-electron chi connectivity index (χ4n) is 7.33. The van der Waals surface area contributed by atoms with Crippen LogP contribution in [0.15, 0.2) is 22.0 Å². The van der Waals surface area contributed by atoms with Crippen LogP contribution in [-0.2, 0) is 14.1 Å². The maximum atomic E-state index is 6.94. The second-order valence-corrected chi connectivity index (χ2v) is 15.8. The molecule has 0 N–H and O–H groups in total. The van der Waals surface area contributed by atoms with Gasteiger partial charge in [0, 0.05) is 5.41 Å². The van der Waals surface area contributed by atoms with Gasteiger partial charge in [0.05, 0.1) is 17.5 Å². The zero-order valence-corrected chi connectivity index (χ0v) is 21.0. The summed E-state index contributed by atoms with van der Waals surface area (Å²) in [6, 6.07) is 0. The Bertz CT molecular complexity index is 771. The Kier molecular flexibility index (Phi) is 5.71. The minimum Gasteiger partial charge on any atom is -0.414 e. The van der Waals surface area contributed by atoms with Crippen molar-refractivity contribution >= 4 is 19.7 Å². The highest BCUT2D eigenvalue weighted by molar-refractivity contribution is 6.69. The van der Waals surface area contributed by atoms with Gasteiger partial charge >= 0.3 is 0 Å². The standard InChI is InChI=1S/C24H40N2O3Si/c1-23-12-10-17(25-27-3)14-16(23)15-20(29-30(5,6)7)22-18-8-9-21(26-28-4)24(18,2)13-11-19(22)23/h14,18-20,22H,8-13,15H2,1-7H3/t18-,19-,20?,22-,23-,24-/m0/s1. The van der Waals surface area contributed by atoms with Crippen molar-refractivity contribution in [2.75, 3.05) is 14.2 Å². The fourth-order valence-corrected chi connectivity index (χ4v) is 8.47. The van der Waals surface area contributed by atoms with Crippen LogP contribution in [-0.4, -0.2) is 40.1 Å². The van der Waals surface area contributed by atoms with Crippen LogP contribution in [0.25, 0.3) is 0 Å². The lowest BCUT2D eigenvalue weighted by atomic mass is 9.46. The number of hydrogen-bond acceptors (Lipinski definition) is 5. The Hall–Kier alpha value is -1.14. The molecule has 3 saturated carbocycles. The molecule has 0 aromatic rings. The monoisotopic (exact) mass is 432 g/mol. The van der Waals surface area contributed by atoms with E-state index in [-0.39, 0.29) is 10.8 Å². The van der Waals surface area contributed by atoms with E-state index in [1.807, 2.05) is 0 Å². The molecule has 0 saturated heterocycles. The maximum Gasteiger partial charge on any atom is 0.184 e. The van der Waals surface area contributed by atoms with E-state index in [2.05, 4.69) is 49.9 Å². The molecule has 0 heterocycles. The van der Waals surface area contributed by atoms with Gasteiger partial charge in [-0.2, -0.15) is 0 Å². The smallest absolute Gasteiger partial charge is 0.184 e. The van der Waals surface area contributed by atoms with E-state index in [0.29, 0.717) is 23.9 Å². The van der Waals surface area contributed by atoms with E-state index in [0.717, 1.165) is 25.0 Å². The number of fused-ring (bicyclic) bond motifs is 5.